The number of benzene rings is 2. The molecule has 0 spiro atoms. The monoisotopic (exact) mass is 438 g/mol. The molecule has 7 nitrogen and oxygen atoms in total. The van der Waals surface area contributed by atoms with Crippen molar-refractivity contribution < 1.29 is 4.74 Å². The molecule has 0 saturated carbocycles. The third kappa shape index (κ3) is 4.58. The first-order valence-corrected chi connectivity index (χ1v) is 11.0. The summed E-state index contributed by atoms with van der Waals surface area (Å²) in [6, 6.07) is 10.4. The van der Waals surface area contributed by atoms with Crippen LogP contribution in [0, 0.1) is 19.3 Å². The van der Waals surface area contributed by atoms with Gasteiger partial charge in [-0.05, 0) is 53.9 Å². The Morgan fingerprint density at radius 1 is 1.12 bits per heavy atom. The first-order chi connectivity index (χ1) is 16.1. The molecule has 1 saturated heterocycles. The summed E-state index contributed by atoms with van der Waals surface area (Å²) in [4.78, 5) is 11.7. The van der Waals surface area contributed by atoms with Gasteiger partial charge in [-0.3, -0.25) is 9.58 Å². The van der Waals surface area contributed by atoms with Crippen molar-refractivity contribution in [2.75, 3.05) is 31.6 Å². The Morgan fingerprint density at radius 2 is 1.97 bits per heavy atom. The molecule has 0 radical (unpaired) electrons. The normalized spacial score (nSPS) is 14.3. The number of nitrogens with one attached hydrogen (secondary N) is 1. The summed E-state index contributed by atoms with van der Waals surface area (Å²) in [5, 5.41) is 8.71. The lowest BCUT2D eigenvalue weighted by Crippen LogP contribution is -2.35. The number of morpholine rings is 1. The highest BCUT2D eigenvalue weighted by atomic mass is 16.5. The lowest BCUT2D eigenvalue weighted by atomic mass is 10.0. The lowest BCUT2D eigenvalue weighted by molar-refractivity contribution is 0.0342. The summed E-state index contributed by atoms with van der Waals surface area (Å²) in [7, 11) is 1.93. The van der Waals surface area contributed by atoms with E-state index < -0.39 is 0 Å². The largest absolute Gasteiger partial charge is 0.379 e. The van der Waals surface area contributed by atoms with Crippen molar-refractivity contribution in [2.45, 2.75) is 13.5 Å². The number of rotatable bonds is 5. The van der Waals surface area contributed by atoms with Crippen LogP contribution in [-0.2, 0) is 18.3 Å². The van der Waals surface area contributed by atoms with Crippen molar-refractivity contribution in [3.63, 3.8) is 0 Å². The molecular weight excluding hydrogens is 412 g/mol. The van der Waals surface area contributed by atoms with Crippen LogP contribution in [0.5, 0.6) is 0 Å². The molecule has 7 heteroatoms. The zero-order valence-corrected chi connectivity index (χ0v) is 18.9. The molecule has 33 heavy (non-hydrogen) atoms. The molecule has 1 fully saturated rings. The highest BCUT2D eigenvalue weighted by molar-refractivity contribution is 5.84. The van der Waals surface area contributed by atoms with E-state index in [0.29, 0.717) is 5.95 Å². The van der Waals surface area contributed by atoms with Gasteiger partial charge in [-0.25, -0.2) is 9.97 Å². The fraction of sp³-hybridized carbons (Fsp3) is 0.269. The van der Waals surface area contributed by atoms with E-state index in [-0.39, 0.29) is 0 Å². The Bertz CT molecular complexity index is 1350. The Balaban J connectivity index is 1.48. The van der Waals surface area contributed by atoms with E-state index in [0.717, 1.165) is 71.7 Å². The molecule has 3 heterocycles. The summed E-state index contributed by atoms with van der Waals surface area (Å²) >= 11 is 0. The minimum absolute atomic E-state index is 0.552. The Kier molecular flexibility index (Phi) is 5.78. The van der Waals surface area contributed by atoms with Gasteiger partial charge in [-0.2, -0.15) is 5.10 Å². The van der Waals surface area contributed by atoms with Gasteiger partial charge in [0.2, 0.25) is 5.95 Å². The first kappa shape index (κ1) is 21.1. The van der Waals surface area contributed by atoms with Gasteiger partial charge in [0.1, 0.15) is 0 Å². The number of hydrogen-bond acceptors (Lipinski definition) is 6. The van der Waals surface area contributed by atoms with Crippen LogP contribution in [0.3, 0.4) is 0 Å². The molecule has 0 bridgehead atoms. The van der Waals surface area contributed by atoms with E-state index >= 15 is 0 Å². The average Bonchev–Trinajstić information content (AvgIpc) is 3.26. The maximum atomic E-state index is 5.60. The molecule has 5 rings (SSSR count). The summed E-state index contributed by atoms with van der Waals surface area (Å²) in [6.07, 6.45) is 11.3. The van der Waals surface area contributed by atoms with Gasteiger partial charge in [-0.15, -0.1) is 6.42 Å². The number of aryl methyl sites for hydroxylation is 2. The molecule has 1 aliphatic heterocycles. The van der Waals surface area contributed by atoms with Crippen LogP contribution < -0.4 is 5.32 Å². The van der Waals surface area contributed by atoms with Crippen LogP contribution in [0.1, 0.15) is 16.7 Å². The molecule has 0 amide bonds. The summed E-state index contributed by atoms with van der Waals surface area (Å²) < 4.78 is 7.32. The number of hydrogen-bond donors (Lipinski definition) is 1. The molecule has 1 N–H and O–H groups in total. The molecule has 166 valence electrons. The van der Waals surface area contributed by atoms with E-state index in [9.17, 15) is 0 Å². The van der Waals surface area contributed by atoms with Gasteiger partial charge in [0.25, 0.3) is 0 Å². The van der Waals surface area contributed by atoms with Gasteiger partial charge in [-0.1, -0.05) is 5.92 Å². The number of terminal acetylenes is 1. The Hall–Kier alpha value is -3.73. The minimum atomic E-state index is 0.552. The second-order valence-electron chi connectivity index (χ2n) is 8.34. The fourth-order valence-electron chi connectivity index (χ4n) is 4.20. The van der Waals surface area contributed by atoms with Crippen LogP contribution >= 0.6 is 0 Å². The van der Waals surface area contributed by atoms with Gasteiger partial charge in [0, 0.05) is 61.3 Å². The predicted octanol–water partition coefficient (Wildman–Crippen LogP) is 3.90. The molecular formula is C26H26N6O. The topological polar surface area (TPSA) is 68.1 Å². The zero-order valence-electron chi connectivity index (χ0n) is 18.9. The van der Waals surface area contributed by atoms with Crippen LogP contribution in [0.4, 0.5) is 11.6 Å². The zero-order chi connectivity index (χ0) is 22.8. The molecule has 1 aliphatic rings. The van der Waals surface area contributed by atoms with Crippen LogP contribution in [0.25, 0.3) is 22.0 Å². The SMILES string of the molecule is C#Cc1ccc2nc(Nc3cc(CN4CCOCC4)cc(-c4cnn(C)c4)c3)ncc2c1C. The third-order valence-electron chi connectivity index (χ3n) is 5.99. The van der Waals surface area contributed by atoms with E-state index in [4.69, 9.17) is 16.1 Å². The maximum Gasteiger partial charge on any atom is 0.227 e. The van der Waals surface area contributed by atoms with Crippen molar-refractivity contribution in [3.8, 4) is 23.5 Å². The van der Waals surface area contributed by atoms with E-state index in [1.807, 2.05) is 49.4 Å². The molecule has 2 aromatic heterocycles. The summed E-state index contributed by atoms with van der Waals surface area (Å²) in [6.45, 7) is 6.29. The minimum Gasteiger partial charge on any atom is -0.379 e. The summed E-state index contributed by atoms with van der Waals surface area (Å²) in [5.41, 5.74) is 7.08. The van der Waals surface area contributed by atoms with Gasteiger partial charge < -0.3 is 10.1 Å². The van der Waals surface area contributed by atoms with Crippen molar-refractivity contribution in [1.82, 2.24) is 24.6 Å². The fourth-order valence-corrected chi connectivity index (χ4v) is 4.20. The number of nitrogens with zero attached hydrogens (tertiary/aromatic N) is 5. The lowest BCUT2D eigenvalue weighted by Gasteiger charge is -2.27. The highest BCUT2D eigenvalue weighted by Crippen LogP contribution is 2.28. The van der Waals surface area contributed by atoms with Crippen LogP contribution in [0.15, 0.2) is 48.9 Å². The van der Waals surface area contributed by atoms with Gasteiger partial charge in [0.05, 0.1) is 24.9 Å². The second-order valence-corrected chi connectivity index (χ2v) is 8.34. The predicted molar refractivity (Wildman–Crippen MR) is 130 cm³/mol. The maximum absolute atomic E-state index is 5.60. The van der Waals surface area contributed by atoms with Crippen molar-refractivity contribution in [1.29, 1.82) is 0 Å². The second kappa shape index (κ2) is 9.02. The van der Waals surface area contributed by atoms with Crippen molar-refractivity contribution in [3.05, 3.63) is 65.6 Å². The number of fused-ring (bicyclic) bond motifs is 1. The van der Waals surface area contributed by atoms with Crippen molar-refractivity contribution >= 4 is 22.5 Å². The molecule has 0 atom stereocenters. The van der Waals surface area contributed by atoms with Gasteiger partial charge >= 0.3 is 0 Å². The standard InChI is InChI=1S/C26H26N6O/c1-4-20-5-6-25-24(18(20)2)15-27-26(30-25)29-23-12-19(16-32-7-9-33-10-8-32)11-21(13-23)22-14-28-31(3)17-22/h1,5-6,11-15,17H,7-10,16H2,2-3H3,(H,27,29,30). The molecule has 0 unspecified atom stereocenters. The van der Waals surface area contributed by atoms with E-state index in [1.54, 1.807) is 0 Å². The number of aromatic nitrogens is 4. The molecule has 0 aliphatic carbocycles. The average molecular weight is 439 g/mol. The summed E-state index contributed by atoms with van der Waals surface area (Å²) in [5.74, 6) is 3.27. The van der Waals surface area contributed by atoms with E-state index in [2.05, 4.69) is 44.4 Å². The van der Waals surface area contributed by atoms with Crippen LogP contribution in [0.2, 0.25) is 0 Å². The highest BCUT2D eigenvalue weighted by Gasteiger charge is 2.13. The smallest absolute Gasteiger partial charge is 0.227 e. The Labute approximate surface area is 193 Å². The van der Waals surface area contributed by atoms with E-state index in [1.165, 1.54) is 5.56 Å². The van der Waals surface area contributed by atoms with Crippen molar-refractivity contribution in [2.24, 2.45) is 7.05 Å². The molecule has 4 aromatic rings. The number of ether oxygens (including phenoxy) is 1. The van der Waals surface area contributed by atoms with Gasteiger partial charge in [0.15, 0.2) is 0 Å². The Morgan fingerprint density at radius 3 is 2.73 bits per heavy atom. The number of anilines is 2. The first-order valence-electron chi connectivity index (χ1n) is 11.0. The van der Waals surface area contributed by atoms with Crippen LogP contribution in [-0.4, -0.2) is 51.0 Å². The third-order valence-corrected chi connectivity index (χ3v) is 5.99. The quantitative estimate of drug-likeness (QED) is 0.477. The molecule has 2 aromatic carbocycles.